The van der Waals surface area contributed by atoms with Gasteiger partial charge < -0.3 is 4.90 Å². The Labute approximate surface area is 99.7 Å². The fourth-order valence-corrected chi connectivity index (χ4v) is 2.37. The van der Waals surface area contributed by atoms with Crippen LogP contribution in [-0.4, -0.2) is 29.0 Å². The third-order valence-corrected chi connectivity index (χ3v) is 3.56. The van der Waals surface area contributed by atoms with Crippen LogP contribution in [0.2, 0.25) is 0 Å². The summed E-state index contributed by atoms with van der Waals surface area (Å²) in [5.41, 5.74) is 1.14. The summed E-state index contributed by atoms with van der Waals surface area (Å²) >= 11 is 1.51. The molecule has 16 heavy (non-hydrogen) atoms. The van der Waals surface area contributed by atoms with Crippen LogP contribution < -0.4 is 5.32 Å². The number of amides is 2. The van der Waals surface area contributed by atoms with Gasteiger partial charge in [0.25, 0.3) is 0 Å². The molecule has 88 valence electrons. The molecule has 5 heteroatoms. The van der Waals surface area contributed by atoms with Crippen LogP contribution in [0.1, 0.15) is 38.3 Å². The molecule has 1 aliphatic carbocycles. The van der Waals surface area contributed by atoms with Crippen LogP contribution in [0, 0.1) is 0 Å². The number of aromatic nitrogens is 1. The highest BCUT2D eigenvalue weighted by atomic mass is 32.1. The minimum Gasteiger partial charge on any atom is -0.325 e. The van der Waals surface area contributed by atoms with Crippen LogP contribution in [0.25, 0.3) is 0 Å². The van der Waals surface area contributed by atoms with Gasteiger partial charge >= 0.3 is 6.03 Å². The van der Waals surface area contributed by atoms with E-state index in [-0.39, 0.29) is 6.03 Å². The molecular weight excluding hydrogens is 222 g/mol. The molecular formula is C11H17N3OS. The first-order chi connectivity index (χ1) is 7.74. The molecule has 1 N–H and O–H groups in total. The number of hydrogen-bond acceptors (Lipinski definition) is 3. The third kappa shape index (κ3) is 2.52. The molecule has 2 amide bonds. The van der Waals surface area contributed by atoms with E-state index in [2.05, 4.69) is 15.7 Å². The third-order valence-electron chi connectivity index (χ3n) is 2.78. The number of hydrogen-bond donors (Lipinski definition) is 1. The van der Waals surface area contributed by atoms with E-state index in [1.54, 1.807) is 4.90 Å². The van der Waals surface area contributed by atoms with Gasteiger partial charge in [-0.3, -0.25) is 5.32 Å². The van der Waals surface area contributed by atoms with Gasteiger partial charge in [0.05, 0.1) is 5.69 Å². The minimum absolute atomic E-state index is 0.0540. The quantitative estimate of drug-likeness (QED) is 0.878. The van der Waals surface area contributed by atoms with Crippen LogP contribution in [0.15, 0.2) is 5.38 Å². The molecule has 1 aliphatic rings. The van der Waals surface area contributed by atoms with Crippen molar-refractivity contribution in [3.8, 4) is 0 Å². The number of thiazole rings is 1. The molecule has 4 nitrogen and oxygen atoms in total. The number of nitrogens with zero attached hydrogens (tertiary/aromatic N) is 2. The maximum absolute atomic E-state index is 11.8. The van der Waals surface area contributed by atoms with E-state index >= 15 is 0 Å². The van der Waals surface area contributed by atoms with Gasteiger partial charge in [-0.2, -0.15) is 0 Å². The number of carbonyl (C=O) groups is 1. The van der Waals surface area contributed by atoms with Gasteiger partial charge in [-0.1, -0.05) is 0 Å². The topological polar surface area (TPSA) is 45.2 Å². The van der Waals surface area contributed by atoms with E-state index in [0.717, 1.165) is 23.9 Å². The molecule has 1 aromatic rings. The van der Waals surface area contributed by atoms with Crippen molar-refractivity contribution in [1.29, 1.82) is 0 Å². The van der Waals surface area contributed by atoms with Crippen LogP contribution >= 0.6 is 11.3 Å². The summed E-state index contributed by atoms with van der Waals surface area (Å²) in [4.78, 5) is 17.9. The van der Waals surface area contributed by atoms with Crippen LogP contribution in [0.5, 0.6) is 0 Å². The second-order valence-electron chi connectivity index (χ2n) is 3.95. The lowest BCUT2D eigenvalue weighted by Crippen LogP contribution is -2.34. The number of rotatable bonds is 4. The number of nitrogens with one attached hydrogen (secondary N) is 1. The van der Waals surface area contributed by atoms with Gasteiger partial charge in [-0.15, -0.1) is 11.3 Å². The summed E-state index contributed by atoms with van der Waals surface area (Å²) in [5.74, 6) is 0.648. The predicted octanol–water partition coefficient (Wildman–Crippen LogP) is 2.89. The highest BCUT2D eigenvalue weighted by Gasteiger charge is 2.26. The second-order valence-corrected chi connectivity index (χ2v) is 4.81. The fourth-order valence-electron chi connectivity index (χ4n) is 1.59. The van der Waals surface area contributed by atoms with Crippen molar-refractivity contribution in [3.63, 3.8) is 0 Å². The number of anilines is 1. The Kier molecular flexibility index (Phi) is 3.43. The standard InChI is InChI=1S/C11H17N3OS/c1-3-14(4-2)11(15)13-10-12-9(7-16-10)8-5-6-8/h7-8H,3-6H2,1-2H3,(H,12,13,15). The van der Waals surface area contributed by atoms with Crippen molar-refractivity contribution >= 4 is 22.5 Å². The molecule has 1 fully saturated rings. The molecule has 0 spiro atoms. The number of urea groups is 1. The predicted molar refractivity (Wildman–Crippen MR) is 66.0 cm³/mol. The Morgan fingerprint density at radius 3 is 2.81 bits per heavy atom. The summed E-state index contributed by atoms with van der Waals surface area (Å²) in [7, 11) is 0. The molecule has 0 saturated heterocycles. The summed E-state index contributed by atoms with van der Waals surface area (Å²) in [6.45, 7) is 5.40. The zero-order valence-electron chi connectivity index (χ0n) is 9.69. The van der Waals surface area contributed by atoms with Crippen LogP contribution in [0.4, 0.5) is 9.93 Å². The van der Waals surface area contributed by atoms with Crippen LogP contribution in [0.3, 0.4) is 0 Å². The first-order valence-electron chi connectivity index (χ1n) is 5.76. The van der Waals surface area contributed by atoms with Gasteiger partial charge in [0.1, 0.15) is 0 Å². The van der Waals surface area contributed by atoms with E-state index < -0.39 is 0 Å². The van der Waals surface area contributed by atoms with E-state index in [9.17, 15) is 4.79 Å². The van der Waals surface area contributed by atoms with E-state index in [4.69, 9.17) is 0 Å². The second kappa shape index (κ2) is 4.82. The Morgan fingerprint density at radius 1 is 1.56 bits per heavy atom. The van der Waals surface area contributed by atoms with Crippen molar-refractivity contribution in [2.45, 2.75) is 32.6 Å². The Bertz CT molecular complexity index is 369. The van der Waals surface area contributed by atoms with Crippen molar-refractivity contribution in [2.24, 2.45) is 0 Å². The van der Waals surface area contributed by atoms with Gasteiger partial charge in [-0.05, 0) is 26.7 Å². The SMILES string of the molecule is CCN(CC)C(=O)Nc1nc(C2CC2)cs1. The van der Waals surface area contributed by atoms with Crippen LogP contribution in [-0.2, 0) is 0 Å². The molecule has 0 atom stereocenters. The molecule has 0 aromatic carbocycles. The lowest BCUT2D eigenvalue weighted by Gasteiger charge is -2.17. The van der Waals surface area contributed by atoms with Gasteiger partial charge in [0, 0.05) is 24.4 Å². The van der Waals surface area contributed by atoms with E-state index in [0.29, 0.717) is 5.92 Å². The highest BCUT2D eigenvalue weighted by molar-refractivity contribution is 7.13. The zero-order valence-corrected chi connectivity index (χ0v) is 10.5. The first kappa shape index (κ1) is 11.4. The molecule has 1 saturated carbocycles. The fraction of sp³-hybridized carbons (Fsp3) is 0.636. The van der Waals surface area contributed by atoms with Crippen molar-refractivity contribution < 1.29 is 4.79 Å². The maximum Gasteiger partial charge on any atom is 0.323 e. The molecule has 0 unspecified atom stereocenters. The largest absolute Gasteiger partial charge is 0.325 e. The van der Waals surface area contributed by atoms with Crippen molar-refractivity contribution in [1.82, 2.24) is 9.88 Å². The highest BCUT2D eigenvalue weighted by Crippen LogP contribution is 2.40. The summed E-state index contributed by atoms with van der Waals surface area (Å²) in [6.07, 6.45) is 2.49. The molecule has 0 bridgehead atoms. The summed E-state index contributed by atoms with van der Waals surface area (Å²) < 4.78 is 0. The number of carbonyl (C=O) groups excluding carboxylic acids is 1. The van der Waals surface area contributed by atoms with E-state index in [1.165, 1.54) is 24.2 Å². The first-order valence-corrected chi connectivity index (χ1v) is 6.63. The normalized spacial score (nSPS) is 14.9. The average molecular weight is 239 g/mol. The maximum atomic E-state index is 11.8. The Hall–Kier alpha value is -1.10. The lowest BCUT2D eigenvalue weighted by atomic mass is 10.3. The molecule has 2 rings (SSSR count). The average Bonchev–Trinajstić information content (AvgIpc) is 3.02. The molecule has 0 aliphatic heterocycles. The summed E-state index contributed by atoms with van der Waals surface area (Å²) in [6, 6.07) is -0.0540. The lowest BCUT2D eigenvalue weighted by molar-refractivity contribution is 0.217. The Morgan fingerprint density at radius 2 is 2.25 bits per heavy atom. The van der Waals surface area contributed by atoms with Crippen molar-refractivity contribution in [2.75, 3.05) is 18.4 Å². The Balaban J connectivity index is 1.94. The van der Waals surface area contributed by atoms with Crippen molar-refractivity contribution in [3.05, 3.63) is 11.1 Å². The monoisotopic (exact) mass is 239 g/mol. The van der Waals surface area contributed by atoms with Gasteiger partial charge in [0.15, 0.2) is 5.13 Å². The molecule has 1 heterocycles. The molecule has 1 aromatic heterocycles. The summed E-state index contributed by atoms with van der Waals surface area (Å²) in [5, 5.41) is 5.61. The molecule has 0 radical (unpaired) electrons. The smallest absolute Gasteiger partial charge is 0.323 e. The minimum atomic E-state index is -0.0540. The van der Waals surface area contributed by atoms with Gasteiger partial charge in [0.2, 0.25) is 0 Å². The van der Waals surface area contributed by atoms with E-state index in [1.807, 2.05) is 13.8 Å². The van der Waals surface area contributed by atoms with Gasteiger partial charge in [-0.25, -0.2) is 9.78 Å². The zero-order chi connectivity index (χ0) is 11.5.